The molecule has 0 amide bonds. The Bertz CT molecular complexity index is 310. The van der Waals surface area contributed by atoms with Crippen molar-refractivity contribution in [2.45, 2.75) is 25.7 Å². The molecule has 1 saturated heterocycles. The van der Waals surface area contributed by atoms with Gasteiger partial charge >= 0.3 is 0 Å². The third-order valence-electron chi connectivity index (χ3n) is 2.55. The molecule has 4 nitrogen and oxygen atoms in total. The predicted molar refractivity (Wildman–Crippen MR) is 59.9 cm³/mol. The smallest absolute Gasteiger partial charge is 0.140 e. The molecule has 84 valence electrons. The van der Waals surface area contributed by atoms with Gasteiger partial charge in [-0.25, -0.2) is 4.98 Å². The van der Waals surface area contributed by atoms with E-state index in [1.54, 1.807) is 6.20 Å². The van der Waals surface area contributed by atoms with Crippen LogP contribution in [0.2, 0.25) is 0 Å². The van der Waals surface area contributed by atoms with Crippen molar-refractivity contribution in [1.29, 1.82) is 0 Å². The van der Waals surface area contributed by atoms with Crippen LogP contribution in [0.1, 0.15) is 18.9 Å². The van der Waals surface area contributed by atoms with E-state index in [4.69, 9.17) is 4.74 Å². The summed E-state index contributed by atoms with van der Waals surface area (Å²) in [5, 5.41) is 10.1. The van der Waals surface area contributed by atoms with E-state index in [9.17, 15) is 5.11 Å². The molecule has 0 bridgehead atoms. The molecule has 0 aromatic carbocycles. The largest absolute Gasteiger partial charge is 0.382 e. The van der Waals surface area contributed by atoms with Gasteiger partial charge in [-0.15, -0.1) is 0 Å². The van der Waals surface area contributed by atoms with Crippen molar-refractivity contribution < 1.29 is 9.84 Å². The summed E-state index contributed by atoms with van der Waals surface area (Å²) in [6.07, 6.45) is 2.89. The minimum absolute atomic E-state index is 0.114. The Balaban J connectivity index is 2.08. The molecule has 1 fully saturated rings. The number of thioether (sulfide) groups is 1. The first-order valence-corrected chi connectivity index (χ1v) is 6.37. The lowest BCUT2D eigenvalue weighted by molar-refractivity contribution is -0.0279. The normalized spacial score (nSPS) is 24.0. The van der Waals surface area contributed by atoms with E-state index in [2.05, 4.69) is 4.98 Å². The highest BCUT2D eigenvalue weighted by Crippen LogP contribution is 2.24. The maximum absolute atomic E-state index is 10.1. The van der Waals surface area contributed by atoms with Crippen LogP contribution in [0.3, 0.4) is 0 Å². The Morgan fingerprint density at radius 3 is 3.33 bits per heavy atom. The molecule has 1 aliphatic heterocycles. The van der Waals surface area contributed by atoms with Gasteiger partial charge in [-0.05, 0) is 6.92 Å². The number of hydrogen-bond donors (Lipinski definition) is 1. The highest BCUT2D eigenvalue weighted by atomic mass is 32.2. The topological polar surface area (TPSA) is 47.3 Å². The van der Waals surface area contributed by atoms with Crippen LogP contribution >= 0.6 is 11.8 Å². The average molecular weight is 228 g/mol. The number of ether oxygens (including phenoxy) is 1. The first-order valence-electron chi connectivity index (χ1n) is 5.21. The molecule has 1 aliphatic rings. The lowest BCUT2D eigenvalue weighted by Gasteiger charge is -2.26. The quantitative estimate of drug-likeness (QED) is 0.840. The predicted octanol–water partition coefficient (Wildman–Crippen LogP) is 1.07. The van der Waals surface area contributed by atoms with Crippen molar-refractivity contribution in [1.82, 2.24) is 9.55 Å². The summed E-state index contributed by atoms with van der Waals surface area (Å²) in [4.78, 5) is 4.19. The van der Waals surface area contributed by atoms with Crippen LogP contribution in [0.5, 0.6) is 0 Å². The van der Waals surface area contributed by atoms with Gasteiger partial charge in [-0.1, -0.05) is 0 Å². The van der Waals surface area contributed by atoms with Crippen molar-refractivity contribution in [2.24, 2.45) is 0 Å². The number of aliphatic hydroxyl groups excluding tert-OH is 1. The van der Waals surface area contributed by atoms with Crippen LogP contribution < -0.4 is 0 Å². The number of aromatic nitrogens is 2. The first-order chi connectivity index (χ1) is 7.33. The van der Waals surface area contributed by atoms with Crippen LogP contribution in [0.4, 0.5) is 0 Å². The molecule has 0 aliphatic carbocycles. The number of aliphatic hydroxyl groups is 1. The number of hydrogen-bond acceptors (Lipinski definition) is 4. The highest BCUT2D eigenvalue weighted by molar-refractivity contribution is 7.99. The van der Waals surface area contributed by atoms with E-state index in [0.29, 0.717) is 5.82 Å². The third kappa shape index (κ3) is 2.35. The van der Waals surface area contributed by atoms with E-state index < -0.39 is 6.10 Å². The second-order valence-electron chi connectivity index (χ2n) is 3.50. The Labute approximate surface area is 93.6 Å². The number of imidazole rings is 1. The summed E-state index contributed by atoms with van der Waals surface area (Å²) in [6.45, 7) is 3.58. The number of rotatable bonds is 3. The zero-order valence-corrected chi connectivity index (χ0v) is 9.61. The summed E-state index contributed by atoms with van der Waals surface area (Å²) in [5.41, 5.74) is 0. The van der Waals surface area contributed by atoms with Gasteiger partial charge in [0, 0.05) is 30.4 Å². The molecule has 2 rings (SSSR count). The lowest BCUT2D eigenvalue weighted by atomic mass is 10.2. The third-order valence-corrected chi connectivity index (χ3v) is 3.57. The second-order valence-corrected chi connectivity index (χ2v) is 4.65. The summed E-state index contributed by atoms with van der Waals surface area (Å²) in [6, 6.07) is 0. The van der Waals surface area contributed by atoms with Crippen LogP contribution in [0.25, 0.3) is 0 Å². The van der Waals surface area contributed by atoms with Crippen molar-refractivity contribution in [3.8, 4) is 0 Å². The molecule has 2 unspecified atom stereocenters. The van der Waals surface area contributed by atoms with E-state index >= 15 is 0 Å². The summed E-state index contributed by atoms with van der Waals surface area (Å²) >= 11 is 1.82. The van der Waals surface area contributed by atoms with Crippen LogP contribution in [0.15, 0.2) is 12.4 Å². The van der Waals surface area contributed by atoms with Crippen LogP contribution in [0, 0.1) is 0 Å². The minimum Gasteiger partial charge on any atom is -0.382 e. The lowest BCUT2D eigenvalue weighted by Crippen LogP contribution is -2.31. The summed E-state index contributed by atoms with van der Waals surface area (Å²) in [5.74, 6) is 2.58. The van der Waals surface area contributed by atoms with E-state index in [1.165, 1.54) is 0 Å². The molecule has 1 aromatic rings. The van der Waals surface area contributed by atoms with Gasteiger partial charge in [0.05, 0.1) is 12.7 Å². The standard InChI is InChI=1S/C10H16N2O2S/c1-2-12-4-3-11-10(12)9(13)8-7-15-6-5-14-8/h3-4,8-9,13H,2,5-7H2,1H3. The minimum atomic E-state index is -0.604. The van der Waals surface area contributed by atoms with Crippen molar-refractivity contribution in [2.75, 3.05) is 18.1 Å². The molecule has 1 aromatic heterocycles. The van der Waals surface area contributed by atoms with E-state index in [0.717, 1.165) is 24.7 Å². The fourth-order valence-corrected chi connectivity index (χ4v) is 2.60. The Morgan fingerprint density at radius 2 is 2.67 bits per heavy atom. The van der Waals surface area contributed by atoms with Crippen molar-refractivity contribution >= 4 is 11.8 Å². The number of nitrogens with zero attached hydrogens (tertiary/aromatic N) is 2. The van der Waals surface area contributed by atoms with Crippen molar-refractivity contribution in [3.05, 3.63) is 18.2 Å². The molecular formula is C10H16N2O2S. The molecule has 15 heavy (non-hydrogen) atoms. The van der Waals surface area contributed by atoms with Gasteiger partial charge in [-0.2, -0.15) is 11.8 Å². The maximum Gasteiger partial charge on any atom is 0.140 e. The van der Waals surface area contributed by atoms with Gasteiger partial charge in [0.25, 0.3) is 0 Å². The fraction of sp³-hybridized carbons (Fsp3) is 0.700. The maximum atomic E-state index is 10.1. The van der Waals surface area contributed by atoms with Gasteiger partial charge in [-0.3, -0.25) is 0 Å². The van der Waals surface area contributed by atoms with E-state index in [-0.39, 0.29) is 6.10 Å². The van der Waals surface area contributed by atoms with Crippen LogP contribution in [-0.2, 0) is 11.3 Å². The molecule has 2 heterocycles. The zero-order valence-electron chi connectivity index (χ0n) is 8.80. The first kappa shape index (κ1) is 11.0. The fourth-order valence-electron chi connectivity index (χ4n) is 1.71. The molecular weight excluding hydrogens is 212 g/mol. The van der Waals surface area contributed by atoms with Crippen molar-refractivity contribution in [3.63, 3.8) is 0 Å². The Morgan fingerprint density at radius 1 is 1.80 bits per heavy atom. The van der Waals surface area contributed by atoms with Gasteiger partial charge < -0.3 is 14.4 Å². The molecule has 1 N–H and O–H groups in total. The highest BCUT2D eigenvalue weighted by Gasteiger charge is 2.27. The summed E-state index contributed by atoms with van der Waals surface area (Å²) < 4.78 is 7.49. The second kappa shape index (κ2) is 5.01. The van der Waals surface area contributed by atoms with Gasteiger partial charge in [0.15, 0.2) is 0 Å². The molecule has 2 atom stereocenters. The molecule has 0 spiro atoms. The van der Waals surface area contributed by atoms with Gasteiger partial charge in [0.1, 0.15) is 11.9 Å². The Hall–Kier alpha value is -0.520. The van der Waals surface area contributed by atoms with Gasteiger partial charge in [0.2, 0.25) is 0 Å². The molecule has 5 heteroatoms. The molecule has 0 radical (unpaired) electrons. The summed E-state index contributed by atoms with van der Waals surface area (Å²) in [7, 11) is 0. The monoisotopic (exact) mass is 228 g/mol. The Kier molecular flexibility index (Phi) is 3.66. The molecule has 0 saturated carbocycles. The zero-order chi connectivity index (χ0) is 10.7. The number of aryl methyl sites for hydroxylation is 1. The van der Waals surface area contributed by atoms with Crippen LogP contribution in [-0.4, -0.2) is 38.9 Å². The van der Waals surface area contributed by atoms with E-state index in [1.807, 2.05) is 29.4 Å². The average Bonchev–Trinajstić information content (AvgIpc) is 2.77. The SMILES string of the molecule is CCn1ccnc1C(O)C1CSCCO1.